The lowest BCUT2D eigenvalue weighted by molar-refractivity contribution is -0.121. The Labute approximate surface area is 199 Å². The van der Waals surface area contributed by atoms with Gasteiger partial charge in [0.25, 0.3) is 5.56 Å². The first-order chi connectivity index (χ1) is 15.1. The summed E-state index contributed by atoms with van der Waals surface area (Å²) in [6.07, 6.45) is 3.43. The highest BCUT2D eigenvalue weighted by molar-refractivity contribution is 9.10. The molecule has 1 aromatic carbocycles. The van der Waals surface area contributed by atoms with Crippen LogP contribution >= 0.6 is 15.9 Å². The van der Waals surface area contributed by atoms with Crippen molar-refractivity contribution < 1.29 is 4.79 Å². The number of rotatable bonds is 7. The monoisotopic (exact) mass is 502 g/mol. The van der Waals surface area contributed by atoms with Gasteiger partial charge in [0.15, 0.2) is 0 Å². The van der Waals surface area contributed by atoms with Crippen LogP contribution in [0.5, 0.6) is 0 Å². The predicted octanol–water partition coefficient (Wildman–Crippen LogP) is 4.48. The first-order valence-corrected chi connectivity index (χ1v) is 12.2. The maximum Gasteiger partial charge on any atom is 0.283 e. The minimum atomic E-state index is -0.307. The summed E-state index contributed by atoms with van der Waals surface area (Å²) >= 11 is 3.44. The Bertz CT molecular complexity index is 989. The van der Waals surface area contributed by atoms with Crippen molar-refractivity contribution in [1.82, 2.24) is 15.1 Å². The molecule has 1 fully saturated rings. The van der Waals surface area contributed by atoms with Crippen LogP contribution in [0.2, 0.25) is 0 Å². The number of aromatic nitrogens is 2. The number of halogens is 1. The van der Waals surface area contributed by atoms with E-state index in [4.69, 9.17) is 0 Å². The van der Waals surface area contributed by atoms with Crippen LogP contribution in [0.1, 0.15) is 46.6 Å². The van der Waals surface area contributed by atoms with Gasteiger partial charge in [-0.3, -0.25) is 9.59 Å². The van der Waals surface area contributed by atoms with Gasteiger partial charge in [0, 0.05) is 12.6 Å². The zero-order valence-electron chi connectivity index (χ0n) is 19.7. The molecular formula is C25H35BrN4O2. The fourth-order valence-corrected chi connectivity index (χ4v) is 5.05. The molecule has 0 unspecified atom stereocenters. The number of hydrogen-bond donors (Lipinski definition) is 2. The van der Waals surface area contributed by atoms with Gasteiger partial charge in [0.1, 0.15) is 11.0 Å². The van der Waals surface area contributed by atoms with Gasteiger partial charge in [0.05, 0.1) is 11.9 Å². The lowest BCUT2D eigenvalue weighted by Gasteiger charge is -2.50. The van der Waals surface area contributed by atoms with Crippen molar-refractivity contribution in [1.29, 1.82) is 0 Å². The molecule has 1 heterocycles. The molecule has 0 bridgehead atoms. The van der Waals surface area contributed by atoms with Crippen LogP contribution in [0, 0.1) is 23.2 Å². The van der Waals surface area contributed by atoms with Crippen LogP contribution in [0.25, 0.3) is 0 Å². The van der Waals surface area contributed by atoms with E-state index in [2.05, 4.69) is 66.3 Å². The lowest BCUT2D eigenvalue weighted by Crippen LogP contribution is -2.48. The number of anilines is 1. The second kappa shape index (κ2) is 10.2. The third-order valence-electron chi connectivity index (χ3n) is 7.67. The molecule has 1 aromatic heterocycles. The van der Waals surface area contributed by atoms with Gasteiger partial charge >= 0.3 is 0 Å². The summed E-state index contributed by atoms with van der Waals surface area (Å²) in [6.45, 7) is 12.0. The van der Waals surface area contributed by atoms with E-state index in [-0.39, 0.29) is 29.5 Å². The molecule has 174 valence electrons. The third kappa shape index (κ3) is 5.42. The number of carbonyl (C=O) groups is 1. The van der Waals surface area contributed by atoms with Crippen molar-refractivity contribution in [3.05, 3.63) is 56.9 Å². The van der Waals surface area contributed by atoms with Crippen molar-refractivity contribution in [3.8, 4) is 0 Å². The second-order valence-electron chi connectivity index (χ2n) is 9.78. The molecule has 1 aliphatic rings. The van der Waals surface area contributed by atoms with E-state index in [1.165, 1.54) is 4.68 Å². The quantitative estimate of drug-likeness (QED) is 0.584. The Balaban J connectivity index is 1.61. The molecular weight excluding hydrogens is 468 g/mol. The standard InChI is InChI=1S/C25H35BrN4O2/c1-16-13-20(17(2)18(3)25(16,4)5)29-21-14-28-30(24(32)23(21)26)15-22(31)27-12-11-19-9-7-6-8-10-19/h6-10,14,16-18,20,29H,11-13,15H2,1-5H3,(H,27,31)/t16-,17+,18+,20+/m0/s1. The zero-order chi connectivity index (χ0) is 23.5. The smallest absolute Gasteiger partial charge is 0.283 e. The fraction of sp³-hybridized carbons (Fsp3) is 0.560. The average molecular weight is 503 g/mol. The Morgan fingerprint density at radius 2 is 1.91 bits per heavy atom. The van der Waals surface area contributed by atoms with E-state index in [0.29, 0.717) is 34.5 Å². The molecule has 0 spiro atoms. The Hall–Kier alpha value is -2.15. The van der Waals surface area contributed by atoms with Gasteiger partial charge in [-0.2, -0.15) is 5.10 Å². The third-order valence-corrected chi connectivity index (χ3v) is 8.44. The molecule has 2 aromatic rings. The lowest BCUT2D eigenvalue weighted by atomic mass is 9.58. The summed E-state index contributed by atoms with van der Waals surface area (Å²) in [7, 11) is 0. The number of nitrogens with zero attached hydrogens (tertiary/aromatic N) is 2. The molecule has 1 amide bonds. The van der Waals surface area contributed by atoms with Gasteiger partial charge < -0.3 is 10.6 Å². The van der Waals surface area contributed by atoms with E-state index >= 15 is 0 Å². The number of benzene rings is 1. The Kier molecular flexibility index (Phi) is 7.80. The molecule has 1 saturated carbocycles. The summed E-state index contributed by atoms with van der Waals surface area (Å²) in [5.74, 6) is 1.35. The molecule has 32 heavy (non-hydrogen) atoms. The van der Waals surface area contributed by atoms with E-state index < -0.39 is 0 Å². The van der Waals surface area contributed by atoms with Gasteiger partial charge in [-0.1, -0.05) is 65.0 Å². The van der Waals surface area contributed by atoms with Crippen LogP contribution in [0.3, 0.4) is 0 Å². The van der Waals surface area contributed by atoms with Crippen LogP contribution in [0.15, 0.2) is 45.8 Å². The van der Waals surface area contributed by atoms with Crippen molar-refractivity contribution in [2.75, 3.05) is 11.9 Å². The van der Waals surface area contributed by atoms with E-state index in [0.717, 1.165) is 18.4 Å². The molecule has 6 nitrogen and oxygen atoms in total. The summed E-state index contributed by atoms with van der Waals surface area (Å²) in [4.78, 5) is 25.1. The predicted molar refractivity (Wildman–Crippen MR) is 133 cm³/mol. The molecule has 1 aliphatic carbocycles. The highest BCUT2D eigenvalue weighted by Gasteiger charge is 2.43. The molecule has 0 radical (unpaired) electrons. The Morgan fingerprint density at radius 1 is 1.22 bits per heavy atom. The van der Waals surface area contributed by atoms with Crippen LogP contribution in [0.4, 0.5) is 5.69 Å². The summed E-state index contributed by atoms with van der Waals surface area (Å²) in [6, 6.07) is 10.2. The molecule has 7 heteroatoms. The maximum absolute atomic E-state index is 12.8. The number of amides is 1. The van der Waals surface area contributed by atoms with Crippen LogP contribution < -0.4 is 16.2 Å². The van der Waals surface area contributed by atoms with Crippen molar-refractivity contribution in [2.24, 2.45) is 23.2 Å². The highest BCUT2D eigenvalue weighted by Crippen LogP contribution is 2.48. The topological polar surface area (TPSA) is 76.0 Å². The van der Waals surface area contributed by atoms with Crippen LogP contribution in [-0.4, -0.2) is 28.3 Å². The SMILES string of the molecule is C[C@@H]1[C@@H](C)C(C)(C)[C@@H](C)C[C@H]1Nc1cnn(CC(=O)NCCc2ccccc2)c(=O)c1Br. The minimum absolute atomic E-state index is 0.103. The average Bonchev–Trinajstić information content (AvgIpc) is 2.76. The molecule has 0 aliphatic heterocycles. The minimum Gasteiger partial charge on any atom is -0.380 e. The van der Waals surface area contributed by atoms with E-state index in [1.807, 2.05) is 30.3 Å². The normalized spacial score (nSPS) is 24.7. The van der Waals surface area contributed by atoms with Crippen molar-refractivity contribution in [3.63, 3.8) is 0 Å². The number of carbonyl (C=O) groups excluding carboxylic acids is 1. The van der Waals surface area contributed by atoms with Gasteiger partial charge in [-0.15, -0.1) is 0 Å². The van der Waals surface area contributed by atoms with E-state index in [1.54, 1.807) is 6.20 Å². The van der Waals surface area contributed by atoms with Gasteiger partial charge in [-0.05, 0) is 57.5 Å². The maximum atomic E-state index is 12.8. The van der Waals surface area contributed by atoms with Gasteiger partial charge in [0.2, 0.25) is 5.91 Å². The van der Waals surface area contributed by atoms with Crippen molar-refractivity contribution >= 4 is 27.5 Å². The van der Waals surface area contributed by atoms with Crippen molar-refractivity contribution in [2.45, 2.75) is 60.0 Å². The second-order valence-corrected chi connectivity index (χ2v) is 10.6. The molecule has 3 rings (SSSR count). The molecule has 2 N–H and O–H groups in total. The zero-order valence-corrected chi connectivity index (χ0v) is 21.3. The largest absolute Gasteiger partial charge is 0.380 e. The highest BCUT2D eigenvalue weighted by atomic mass is 79.9. The Morgan fingerprint density at radius 3 is 2.59 bits per heavy atom. The fourth-order valence-electron chi connectivity index (χ4n) is 4.63. The summed E-state index contributed by atoms with van der Waals surface area (Å²) in [5.41, 5.74) is 1.82. The van der Waals surface area contributed by atoms with Gasteiger partial charge in [-0.25, -0.2) is 4.68 Å². The number of hydrogen-bond acceptors (Lipinski definition) is 4. The summed E-state index contributed by atoms with van der Waals surface area (Å²) < 4.78 is 1.62. The first kappa shape index (κ1) is 24.5. The first-order valence-electron chi connectivity index (χ1n) is 11.4. The number of nitrogens with one attached hydrogen (secondary N) is 2. The summed E-state index contributed by atoms with van der Waals surface area (Å²) in [5, 5.41) is 10.7. The molecule has 0 saturated heterocycles. The van der Waals surface area contributed by atoms with Crippen LogP contribution in [-0.2, 0) is 17.8 Å². The van der Waals surface area contributed by atoms with E-state index in [9.17, 15) is 9.59 Å². The molecule has 4 atom stereocenters.